The number of hydrogen-bond acceptors (Lipinski definition) is 7. The Bertz CT molecular complexity index is 1160. The Labute approximate surface area is 240 Å². The van der Waals surface area contributed by atoms with Crippen molar-refractivity contribution in [2.24, 2.45) is 0 Å². The molecule has 41 heavy (non-hydrogen) atoms. The van der Waals surface area contributed by atoms with Gasteiger partial charge in [0.05, 0.1) is 17.9 Å². The maximum absolute atomic E-state index is 13.9. The first-order valence-corrected chi connectivity index (χ1v) is 13.9. The number of aromatic nitrogens is 2. The molecule has 12 heteroatoms. The highest BCUT2D eigenvalue weighted by molar-refractivity contribution is 5.71. The highest BCUT2D eigenvalue weighted by atomic mass is 19.4. The molecule has 0 radical (unpaired) electrons. The Hall–Kier alpha value is -2.83. The van der Waals surface area contributed by atoms with Gasteiger partial charge in [-0.1, -0.05) is 0 Å². The second-order valence-electron chi connectivity index (χ2n) is 11.4. The van der Waals surface area contributed by atoms with Gasteiger partial charge < -0.3 is 23.8 Å². The van der Waals surface area contributed by atoms with Gasteiger partial charge in [0.1, 0.15) is 24.2 Å². The number of benzene rings is 1. The first-order chi connectivity index (χ1) is 19.2. The summed E-state index contributed by atoms with van der Waals surface area (Å²) in [5.41, 5.74) is 0.890. The van der Waals surface area contributed by atoms with Gasteiger partial charge in [-0.05, 0) is 77.8 Å². The molecule has 1 unspecified atom stereocenters. The van der Waals surface area contributed by atoms with E-state index in [9.17, 15) is 18.0 Å². The standard InChI is InChI=1S/C29H43F3N4O5/c1-20-26(21-16-22(29(30,31)32)18-23(17-21)39-15-14-38-7)24(33-36(20)25-10-8-9-13-40-25)19-34(5)11-12-35(6)27(37)41-28(2,3)4/h16-18,25H,8-15,19H2,1-7H3. The summed E-state index contributed by atoms with van der Waals surface area (Å²) in [4.78, 5) is 15.8. The van der Waals surface area contributed by atoms with Crippen LogP contribution in [0.5, 0.6) is 5.75 Å². The summed E-state index contributed by atoms with van der Waals surface area (Å²) < 4.78 is 65.6. The number of likely N-dealkylation sites (N-methyl/N-ethyl adjacent to an activating group) is 2. The Morgan fingerprint density at radius 1 is 1.12 bits per heavy atom. The van der Waals surface area contributed by atoms with Crippen LogP contribution < -0.4 is 4.74 Å². The van der Waals surface area contributed by atoms with Crippen molar-refractivity contribution in [1.29, 1.82) is 0 Å². The average molecular weight is 585 g/mol. The molecule has 0 spiro atoms. The quantitative estimate of drug-likeness (QED) is 0.304. The molecule has 0 bridgehead atoms. The van der Waals surface area contributed by atoms with Crippen LogP contribution in [-0.2, 0) is 26.9 Å². The second-order valence-corrected chi connectivity index (χ2v) is 11.4. The lowest BCUT2D eigenvalue weighted by molar-refractivity contribution is -0.137. The lowest BCUT2D eigenvalue weighted by atomic mass is 9.99. The Morgan fingerprint density at radius 3 is 2.46 bits per heavy atom. The molecule has 1 saturated heterocycles. The third-order valence-corrected chi connectivity index (χ3v) is 6.67. The molecule has 1 aromatic heterocycles. The lowest BCUT2D eigenvalue weighted by Crippen LogP contribution is -2.38. The first kappa shape index (κ1) is 32.7. The zero-order valence-corrected chi connectivity index (χ0v) is 25.1. The highest BCUT2D eigenvalue weighted by Crippen LogP contribution is 2.39. The van der Waals surface area contributed by atoms with E-state index in [0.29, 0.717) is 48.8 Å². The summed E-state index contributed by atoms with van der Waals surface area (Å²) in [5, 5.41) is 4.86. The number of hydrogen-bond donors (Lipinski definition) is 0. The van der Waals surface area contributed by atoms with Gasteiger partial charge in [0.25, 0.3) is 0 Å². The van der Waals surface area contributed by atoms with E-state index < -0.39 is 23.4 Å². The minimum atomic E-state index is -4.56. The third kappa shape index (κ3) is 9.34. The molecular weight excluding hydrogens is 541 g/mol. The van der Waals surface area contributed by atoms with Gasteiger partial charge in [-0.25, -0.2) is 9.48 Å². The molecule has 0 N–H and O–H groups in total. The van der Waals surface area contributed by atoms with Gasteiger partial charge in [0.2, 0.25) is 0 Å². The number of nitrogens with zero attached hydrogens (tertiary/aromatic N) is 4. The molecule has 1 aromatic carbocycles. The van der Waals surface area contributed by atoms with Crippen LogP contribution in [0, 0.1) is 6.92 Å². The van der Waals surface area contributed by atoms with Crippen molar-refractivity contribution in [3.63, 3.8) is 0 Å². The summed E-state index contributed by atoms with van der Waals surface area (Å²) in [7, 11) is 5.05. The van der Waals surface area contributed by atoms with Crippen LogP contribution in [0.1, 0.15) is 63.2 Å². The number of rotatable bonds is 11. The van der Waals surface area contributed by atoms with E-state index in [-0.39, 0.29) is 25.2 Å². The molecule has 1 amide bonds. The number of carbonyl (C=O) groups excluding carboxylic acids is 1. The normalized spacial score (nSPS) is 16.2. The molecular formula is C29H43F3N4O5. The average Bonchev–Trinajstić information content (AvgIpc) is 3.21. The predicted octanol–water partition coefficient (Wildman–Crippen LogP) is 5.90. The number of carbonyl (C=O) groups is 1. The molecule has 0 saturated carbocycles. The van der Waals surface area contributed by atoms with E-state index in [4.69, 9.17) is 24.0 Å². The van der Waals surface area contributed by atoms with Crippen molar-refractivity contribution in [1.82, 2.24) is 19.6 Å². The summed E-state index contributed by atoms with van der Waals surface area (Å²) in [6.45, 7) is 9.48. The largest absolute Gasteiger partial charge is 0.491 e. The monoisotopic (exact) mass is 584 g/mol. The van der Waals surface area contributed by atoms with Crippen LogP contribution in [0.3, 0.4) is 0 Å². The maximum atomic E-state index is 13.9. The number of methoxy groups -OCH3 is 1. The van der Waals surface area contributed by atoms with Crippen LogP contribution in [0.25, 0.3) is 11.1 Å². The molecule has 230 valence electrons. The molecule has 3 rings (SSSR count). The number of ether oxygens (including phenoxy) is 4. The summed E-state index contributed by atoms with van der Waals surface area (Å²) in [6, 6.07) is 3.75. The van der Waals surface area contributed by atoms with Gasteiger partial charge >= 0.3 is 12.3 Å². The minimum absolute atomic E-state index is 0.103. The highest BCUT2D eigenvalue weighted by Gasteiger charge is 2.33. The van der Waals surface area contributed by atoms with Crippen molar-refractivity contribution >= 4 is 6.09 Å². The van der Waals surface area contributed by atoms with Gasteiger partial charge in [0.15, 0.2) is 0 Å². The Kier molecular flexibility index (Phi) is 11.1. The third-order valence-electron chi connectivity index (χ3n) is 6.67. The molecule has 2 aromatic rings. The molecule has 1 aliphatic rings. The predicted molar refractivity (Wildman–Crippen MR) is 149 cm³/mol. The van der Waals surface area contributed by atoms with Crippen molar-refractivity contribution < 1.29 is 36.9 Å². The Balaban J connectivity index is 1.94. The summed E-state index contributed by atoms with van der Waals surface area (Å²) in [5.74, 6) is 0.103. The lowest BCUT2D eigenvalue weighted by Gasteiger charge is -2.26. The fourth-order valence-electron chi connectivity index (χ4n) is 4.58. The molecule has 0 aliphatic carbocycles. The molecule has 9 nitrogen and oxygen atoms in total. The van der Waals surface area contributed by atoms with Gasteiger partial charge in [-0.2, -0.15) is 18.3 Å². The van der Waals surface area contributed by atoms with Crippen LogP contribution in [0.4, 0.5) is 18.0 Å². The van der Waals surface area contributed by atoms with E-state index in [0.717, 1.165) is 31.4 Å². The van der Waals surface area contributed by atoms with E-state index in [1.165, 1.54) is 12.0 Å². The maximum Gasteiger partial charge on any atom is 0.416 e. The van der Waals surface area contributed by atoms with E-state index in [1.54, 1.807) is 17.8 Å². The number of amides is 1. The van der Waals surface area contributed by atoms with Gasteiger partial charge in [-0.3, -0.25) is 4.90 Å². The summed E-state index contributed by atoms with van der Waals surface area (Å²) in [6.07, 6.45) is -2.57. The molecule has 1 aliphatic heterocycles. The molecule has 2 heterocycles. The van der Waals surface area contributed by atoms with Crippen molar-refractivity contribution in [3.8, 4) is 16.9 Å². The fraction of sp³-hybridized carbons (Fsp3) is 0.655. The van der Waals surface area contributed by atoms with Crippen molar-refractivity contribution in [3.05, 3.63) is 35.2 Å². The first-order valence-electron chi connectivity index (χ1n) is 13.9. The second kappa shape index (κ2) is 13.9. The summed E-state index contributed by atoms with van der Waals surface area (Å²) >= 11 is 0. The molecule has 1 fully saturated rings. The number of alkyl halides is 3. The SMILES string of the molecule is COCCOc1cc(-c2c(CN(C)CCN(C)C(=O)OC(C)(C)C)nn(C3CCCCO3)c2C)cc(C(F)(F)F)c1. The fourth-order valence-corrected chi connectivity index (χ4v) is 4.58. The zero-order valence-electron chi connectivity index (χ0n) is 25.1. The van der Waals surface area contributed by atoms with E-state index >= 15 is 0 Å². The Morgan fingerprint density at radius 2 is 1.85 bits per heavy atom. The number of halogens is 3. The van der Waals surface area contributed by atoms with E-state index in [1.807, 2.05) is 39.6 Å². The smallest absolute Gasteiger partial charge is 0.416 e. The molecule has 1 atom stereocenters. The topological polar surface area (TPSA) is 78.3 Å². The van der Waals surface area contributed by atoms with Gasteiger partial charge in [-0.15, -0.1) is 0 Å². The van der Waals surface area contributed by atoms with Crippen molar-refractivity contribution in [2.75, 3.05) is 54.1 Å². The minimum Gasteiger partial charge on any atom is -0.491 e. The van der Waals surface area contributed by atoms with Crippen molar-refractivity contribution in [2.45, 2.75) is 71.5 Å². The van der Waals surface area contributed by atoms with Crippen LogP contribution >= 0.6 is 0 Å². The van der Waals surface area contributed by atoms with E-state index in [2.05, 4.69) is 0 Å². The van der Waals surface area contributed by atoms with Crippen LogP contribution in [0.15, 0.2) is 18.2 Å². The van der Waals surface area contributed by atoms with Crippen LogP contribution in [0.2, 0.25) is 0 Å². The zero-order chi connectivity index (χ0) is 30.4. The van der Waals surface area contributed by atoms with Crippen LogP contribution in [-0.4, -0.2) is 85.4 Å². The van der Waals surface area contributed by atoms with Gasteiger partial charge in [0, 0.05) is 51.7 Å².